The zero-order valence-electron chi connectivity index (χ0n) is 20.6. The number of aryl methyl sites for hydroxylation is 2. The number of sulfonamides is 1. The second kappa shape index (κ2) is 11.0. The number of nitrogens with zero attached hydrogens (tertiary/aromatic N) is 2. The van der Waals surface area contributed by atoms with Crippen LogP contribution < -0.4 is 9.62 Å². The third-order valence-corrected chi connectivity index (χ3v) is 8.05. The van der Waals surface area contributed by atoms with E-state index < -0.39 is 15.9 Å². The van der Waals surface area contributed by atoms with Gasteiger partial charge in [0.1, 0.15) is 6.54 Å². The Labute approximate surface area is 212 Å². The predicted molar refractivity (Wildman–Crippen MR) is 140 cm³/mol. The van der Waals surface area contributed by atoms with Crippen LogP contribution in [0.2, 0.25) is 0 Å². The van der Waals surface area contributed by atoms with Crippen LogP contribution in [-0.2, 0) is 32.7 Å². The van der Waals surface area contributed by atoms with Crippen molar-refractivity contribution in [2.24, 2.45) is 0 Å². The lowest BCUT2D eigenvalue weighted by atomic mass is 10.1. The van der Waals surface area contributed by atoms with Crippen LogP contribution in [0.5, 0.6) is 0 Å². The third kappa shape index (κ3) is 5.94. The van der Waals surface area contributed by atoms with E-state index in [0.717, 1.165) is 35.2 Å². The summed E-state index contributed by atoms with van der Waals surface area (Å²) in [5.41, 5.74) is 4.03. The highest BCUT2D eigenvalue weighted by molar-refractivity contribution is 7.92. The van der Waals surface area contributed by atoms with E-state index in [1.54, 1.807) is 24.3 Å². The summed E-state index contributed by atoms with van der Waals surface area (Å²) in [6, 6.07) is 21.4. The highest BCUT2D eigenvalue weighted by Gasteiger charge is 2.28. The van der Waals surface area contributed by atoms with Crippen molar-refractivity contribution in [2.45, 2.75) is 44.7 Å². The van der Waals surface area contributed by atoms with E-state index in [9.17, 15) is 18.0 Å². The van der Waals surface area contributed by atoms with Gasteiger partial charge in [0.25, 0.3) is 10.0 Å². The number of benzene rings is 3. The van der Waals surface area contributed by atoms with Crippen molar-refractivity contribution in [1.29, 1.82) is 0 Å². The van der Waals surface area contributed by atoms with E-state index >= 15 is 0 Å². The summed E-state index contributed by atoms with van der Waals surface area (Å²) in [4.78, 5) is 26.9. The number of carbonyl (C=O) groups excluding carboxylic acids is 2. The van der Waals surface area contributed by atoms with Gasteiger partial charge in [-0.25, -0.2) is 8.42 Å². The minimum atomic E-state index is -3.96. The van der Waals surface area contributed by atoms with E-state index in [4.69, 9.17) is 0 Å². The number of nitrogens with one attached hydrogen (secondary N) is 1. The minimum Gasteiger partial charge on any atom is -0.350 e. The predicted octanol–water partition coefficient (Wildman–Crippen LogP) is 3.94. The lowest BCUT2D eigenvalue weighted by Gasteiger charge is -2.26. The topological polar surface area (TPSA) is 86.8 Å². The molecule has 0 atom stereocenters. The summed E-state index contributed by atoms with van der Waals surface area (Å²) in [6.07, 6.45) is 1.48. The Balaban J connectivity index is 1.50. The molecule has 1 heterocycles. The lowest BCUT2D eigenvalue weighted by Crippen LogP contribution is -2.41. The summed E-state index contributed by atoms with van der Waals surface area (Å²) in [7, 11) is -3.96. The molecule has 0 bridgehead atoms. The molecule has 0 aromatic heterocycles. The van der Waals surface area contributed by atoms with Crippen LogP contribution in [0, 0.1) is 13.8 Å². The fourth-order valence-corrected chi connectivity index (χ4v) is 5.82. The molecule has 0 spiro atoms. The molecule has 1 aliphatic heterocycles. The Bertz CT molecular complexity index is 1360. The van der Waals surface area contributed by atoms with Crippen molar-refractivity contribution in [2.75, 3.05) is 17.4 Å². The third-order valence-electron chi connectivity index (χ3n) is 6.28. The fraction of sp³-hybridized carbons (Fsp3) is 0.286. The maximum Gasteiger partial charge on any atom is 0.264 e. The van der Waals surface area contributed by atoms with Gasteiger partial charge in [0.2, 0.25) is 11.8 Å². The summed E-state index contributed by atoms with van der Waals surface area (Å²) in [5, 5.41) is 2.86. The van der Waals surface area contributed by atoms with Gasteiger partial charge in [-0.15, -0.1) is 0 Å². The second-order valence-corrected chi connectivity index (χ2v) is 11.0. The maximum absolute atomic E-state index is 13.6. The minimum absolute atomic E-state index is 0.128. The first-order valence-electron chi connectivity index (χ1n) is 12.0. The molecule has 1 saturated heterocycles. The quantitative estimate of drug-likeness (QED) is 0.477. The molecule has 36 heavy (non-hydrogen) atoms. The van der Waals surface area contributed by atoms with Crippen molar-refractivity contribution >= 4 is 27.5 Å². The van der Waals surface area contributed by atoms with E-state index in [1.165, 1.54) is 16.4 Å². The molecular formula is C28H31N3O4S. The largest absolute Gasteiger partial charge is 0.350 e. The number of likely N-dealkylation sites (tertiary alicyclic amines) is 1. The van der Waals surface area contributed by atoms with Crippen LogP contribution in [-0.4, -0.2) is 38.2 Å². The van der Waals surface area contributed by atoms with Crippen LogP contribution in [0.3, 0.4) is 0 Å². The number of rotatable bonds is 9. The molecule has 0 saturated carbocycles. The molecule has 8 heteroatoms. The molecule has 4 rings (SSSR count). The van der Waals surface area contributed by atoms with Gasteiger partial charge >= 0.3 is 0 Å². The zero-order valence-corrected chi connectivity index (χ0v) is 21.4. The summed E-state index contributed by atoms with van der Waals surface area (Å²) >= 11 is 0. The zero-order chi connectivity index (χ0) is 25.7. The first-order chi connectivity index (χ1) is 17.2. The summed E-state index contributed by atoms with van der Waals surface area (Å²) in [6.45, 7) is 4.95. The molecule has 0 unspecified atom stereocenters. The first kappa shape index (κ1) is 25.4. The number of carbonyl (C=O) groups is 2. The van der Waals surface area contributed by atoms with E-state index in [1.807, 2.05) is 55.1 Å². The molecule has 188 valence electrons. The molecule has 2 amide bonds. The molecular weight excluding hydrogens is 474 g/mol. The molecule has 3 aromatic rings. The average Bonchev–Trinajstić information content (AvgIpc) is 3.27. The molecule has 0 aliphatic carbocycles. The molecule has 1 N–H and O–H groups in total. The normalized spacial score (nSPS) is 13.6. The molecule has 1 fully saturated rings. The molecule has 7 nitrogen and oxygen atoms in total. The van der Waals surface area contributed by atoms with Crippen molar-refractivity contribution < 1.29 is 18.0 Å². The van der Waals surface area contributed by atoms with E-state index in [2.05, 4.69) is 5.32 Å². The average molecular weight is 506 g/mol. The first-order valence-corrected chi connectivity index (χ1v) is 13.5. The van der Waals surface area contributed by atoms with Crippen LogP contribution in [0.15, 0.2) is 77.7 Å². The highest BCUT2D eigenvalue weighted by atomic mass is 32.2. The van der Waals surface area contributed by atoms with Gasteiger partial charge in [-0.05, 0) is 60.7 Å². The Kier molecular flexibility index (Phi) is 7.74. The van der Waals surface area contributed by atoms with Crippen LogP contribution in [0.1, 0.15) is 35.1 Å². The van der Waals surface area contributed by atoms with Gasteiger partial charge in [0, 0.05) is 26.1 Å². The van der Waals surface area contributed by atoms with Gasteiger partial charge in [-0.1, -0.05) is 54.6 Å². The maximum atomic E-state index is 13.6. The van der Waals surface area contributed by atoms with Crippen LogP contribution in [0.4, 0.5) is 5.69 Å². The Hall–Kier alpha value is -3.65. The second-order valence-electron chi connectivity index (χ2n) is 9.13. The summed E-state index contributed by atoms with van der Waals surface area (Å²) < 4.78 is 28.3. The molecule has 3 aromatic carbocycles. The lowest BCUT2D eigenvalue weighted by molar-refractivity contribution is -0.128. The number of hydrogen-bond donors (Lipinski definition) is 1. The highest BCUT2D eigenvalue weighted by Crippen LogP contribution is 2.27. The fourth-order valence-electron chi connectivity index (χ4n) is 4.32. The van der Waals surface area contributed by atoms with Gasteiger partial charge in [-0.2, -0.15) is 0 Å². The number of amides is 2. The van der Waals surface area contributed by atoms with Crippen LogP contribution >= 0.6 is 0 Å². The monoisotopic (exact) mass is 505 g/mol. The Morgan fingerprint density at radius 2 is 1.72 bits per heavy atom. The van der Waals surface area contributed by atoms with Crippen LogP contribution in [0.25, 0.3) is 0 Å². The van der Waals surface area contributed by atoms with Gasteiger partial charge in [0.05, 0.1) is 10.6 Å². The van der Waals surface area contributed by atoms with E-state index in [-0.39, 0.29) is 23.9 Å². The SMILES string of the molecule is Cc1ccc(C)c(N(CC(=O)NCc2cccc(CN3CCCC3=O)c2)S(=O)(=O)c2ccccc2)c1. The summed E-state index contributed by atoms with van der Waals surface area (Å²) in [5.74, 6) is -0.240. The number of hydrogen-bond acceptors (Lipinski definition) is 4. The van der Waals surface area contributed by atoms with Crippen molar-refractivity contribution in [3.63, 3.8) is 0 Å². The molecule has 0 radical (unpaired) electrons. The van der Waals surface area contributed by atoms with Gasteiger partial charge in [-0.3, -0.25) is 13.9 Å². The van der Waals surface area contributed by atoms with Crippen molar-refractivity contribution in [1.82, 2.24) is 10.2 Å². The van der Waals surface area contributed by atoms with Gasteiger partial charge < -0.3 is 10.2 Å². The van der Waals surface area contributed by atoms with Gasteiger partial charge in [0.15, 0.2) is 0 Å². The van der Waals surface area contributed by atoms with Crippen molar-refractivity contribution in [3.8, 4) is 0 Å². The van der Waals surface area contributed by atoms with Crippen molar-refractivity contribution in [3.05, 3.63) is 95.1 Å². The Morgan fingerprint density at radius 1 is 0.972 bits per heavy atom. The Morgan fingerprint density at radius 3 is 2.44 bits per heavy atom. The molecule has 1 aliphatic rings. The van der Waals surface area contributed by atoms with E-state index in [0.29, 0.717) is 18.7 Å². The number of anilines is 1. The standard InChI is InChI=1S/C28H31N3O4S/c1-21-13-14-22(2)26(16-21)31(36(34,35)25-10-4-3-5-11-25)20-27(32)29-18-23-8-6-9-24(17-23)19-30-15-7-12-28(30)33/h3-6,8-11,13-14,16-17H,7,12,15,18-20H2,1-2H3,(H,29,32). The smallest absolute Gasteiger partial charge is 0.264 e.